The van der Waals surface area contributed by atoms with Crippen LogP contribution < -0.4 is 0 Å². The third-order valence-corrected chi connectivity index (χ3v) is 2.69. The molecule has 0 amide bonds. The van der Waals surface area contributed by atoms with Crippen LogP contribution >= 0.6 is 0 Å². The van der Waals surface area contributed by atoms with Crippen LogP contribution in [0.4, 0.5) is 4.39 Å². The number of hydrogen-bond donors (Lipinski definition) is 1. The summed E-state index contributed by atoms with van der Waals surface area (Å²) in [5.74, 6) is 1.21. The molecule has 2 heteroatoms. The lowest BCUT2D eigenvalue weighted by Gasteiger charge is -2.09. The van der Waals surface area contributed by atoms with E-state index in [0.29, 0.717) is 0 Å². The van der Waals surface area contributed by atoms with E-state index in [1.54, 1.807) is 0 Å². The normalized spacial score (nSPS) is 10.3. The van der Waals surface area contributed by atoms with Gasteiger partial charge in [-0.05, 0) is 23.4 Å². The van der Waals surface area contributed by atoms with Crippen molar-refractivity contribution in [3.8, 4) is 18.1 Å². The Morgan fingerprint density at radius 2 is 2.19 bits per heavy atom. The molecule has 0 aliphatic carbocycles. The van der Waals surface area contributed by atoms with Crippen molar-refractivity contribution in [1.82, 2.24) is 0 Å². The molecule has 0 radical (unpaired) electrons. The minimum Gasteiger partial charge on any atom is -0.505 e. The molecule has 0 atom stereocenters. The lowest BCUT2D eigenvalue weighted by Crippen LogP contribution is -1.92. The van der Waals surface area contributed by atoms with Gasteiger partial charge in [0.2, 0.25) is 0 Å². The smallest absolute Gasteiger partial charge is 0.181 e. The quantitative estimate of drug-likeness (QED) is 0.722. The first-order chi connectivity index (χ1) is 7.69. The second-order valence-corrected chi connectivity index (χ2v) is 3.60. The van der Waals surface area contributed by atoms with Crippen LogP contribution in [0.2, 0.25) is 0 Å². The van der Waals surface area contributed by atoms with Gasteiger partial charge in [0.05, 0.1) is 5.56 Å². The Morgan fingerprint density at radius 1 is 1.44 bits per heavy atom. The van der Waals surface area contributed by atoms with Crippen molar-refractivity contribution in [3.05, 3.63) is 41.2 Å². The molecule has 2 aromatic carbocycles. The maximum atomic E-state index is 13.7. The number of aromatic hydroxyl groups is 1. The van der Waals surface area contributed by atoms with Gasteiger partial charge in [0, 0.05) is 5.39 Å². The molecule has 16 heavy (non-hydrogen) atoms. The van der Waals surface area contributed by atoms with E-state index in [9.17, 15) is 9.50 Å². The lowest BCUT2D eigenvalue weighted by molar-refractivity contribution is 0.433. The van der Waals surface area contributed by atoms with E-state index in [2.05, 4.69) is 5.92 Å². The first-order valence-corrected chi connectivity index (χ1v) is 5.08. The highest BCUT2D eigenvalue weighted by Gasteiger charge is 2.13. The maximum absolute atomic E-state index is 13.7. The Hall–Kier alpha value is -2.01. The van der Waals surface area contributed by atoms with Gasteiger partial charge in [0.25, 0.3) is 0 Å². The summed E-state index contributed by atoms with van der Waals surface area (Å²) in [6, 6.07) is 7.01. The molecule has 2 rings (SSSR count). The Morgan fingerprint density at radius 3 is 2.81 bits per heavy atom. The first-order valence-electron chi connectivity index (χ1n) is 5.08. The average molecular weight is 214 g/mol. The fourth-order valence-corrected chi connectivity index (χ4v) is 1.92. The highest BCUT2D eigenvalue weighted by Crippen LogP contribution is 2.30. The summed E-state index contributed by atoms with van der Waals surface area (Å²) in [4.78, 5) is 0. The van der Waals surface area contributed by atoms with E-state index in [1.807, 2.05) is 25.1 Å². The van der Waals surface area contributed by atoms with E-state index in [-0.39, 0.29) is 5.56 Å². The highest BCUT2D eigenvalue weighted by molar-refractivity contribution is 5.92. The molecule has 1 nitrogen and oxygen atoms in total. The third kappa shape index (κ3) is 1.42. The molecule has 0 unspecified atom stereocenters. The summed E-state index contributed by atoms with van der Waals surface area (Å²) < 4.78 is 13.7. The summed E-state index contributed by atoms with van der Waals surface area (Å²) in [5.41, 5.74) is 1.14. The standard InChI is InChI=1S/C14H11FO/c1-3-9-6-5-7-10-8-12(16)14(15)11(4-2)13(9)10/h2,5-8,16H,3H2,1H3. The summed E-state index contributed by atoms with van der Waals surface area (Å²) in [6.07, 6.45) is 6.08. The van der Waals surface area contributed by atoms with Crippen molar-refractivity contribution >= 4 is 10.8 Å². The monoisotopic (exact) mass is 214 g/mol. The predicted molar refractivity (Wildman–Crippen MR) is 62.9 cm³/mol. The van der Waals surface area contributed by atoms with Gasteiger partial charge in [-0.15, -0.1) is 6.42 Å². The van der Waals surface area contributed by atoms with E-state index in [4.69, 9.17) is 6.42 Å². The lowest BCUT2D eigenvalue weighted by atomic mass is 9.97. The molecule has 0 aliphatic heterocycles. The van der Waals surface area contributed by atoms with Crippen LogP contribution in [-0.2, 0) is 6.42 Å². The van der Waals surface area contributed by atoms with Crippen LogP contribution in [0.1, 0.15) is 18.1 Å². The number of fused-ring (bicyclic) bond motifs is 1. The van der Waals surface area contributed by atoms with Gasteiger partial charge in [0.1, 0.15) is 0 Å². The zero-order chi connectivity index (χ0) is 11.7. The van der Waals surface area contributed by atoms with Gasteiger partial charge < -0.3 is 5.11 Å². The van der Waals surface area contributed by atoms with Gasteiger partial charge in [-0.3, -0.25) is 0 Å². The maximum Gasteiger partial charge on any atom is 0.181 e. The van der Waals surface area contributed by atoms with Crippen molar-refractivity contribution in [2.75, 3.05) is 0 Å². The summed E-state index contributed by atoms with van der Waals surface area (Å²) in [6.45, 7) is 1.99. The topological polar surface area (TPSA) is 20.2 Å². The van der Waals surface area contributed by atoms with Crippen LogP contribution in [0.25, 0.3) is 10.8 Å². The fourth-order valence-electron chi connectivity index (χ4n) is 1.92. The van der Waals surface area contributed by atoms with Gasteiger partial charge in [0.15, 0.2) is 11.6 Å². The molecule has 0 aliphatic rings. The summed E-state index contributed by atoms with van der Waals surface area (Å²) in [5, 5.41) is 10.9. The van der Waals surface area contributed by atoms with Crippen molar-refractivity contribution in [3.63, 3.8) is 0 Å². The van der Waals surface area contributed by atoms with Crippen LogP contribution in [-0.4, -0.2) is 5.11 Å². The number of benzene rings is 2. The molecule has 0 bridgehead atoms. The van der Waals surface area contributed by atoms with Crippen molar-refractivity contribution in [1.29, 1.82) is 0 Å². The first kappa shape index (κ1) is 10.5. The van der Waals surface area contributed by atoms with Gasteiger partial charge >= 0.3 is 0 Å². The molecule has 1 N–H and O–H groups in total. The molecule has 0 saturated heterocycles. The van der Waals surface area contributed by atoms with Crippen LogP contribution in [0.15, 0.2) is 24.3 Å². The predicted octanol–water partition coefficient (Wildman–Crippen LogP) is 3.23. The number of halogens is 1. The number of rotatable bonds is 1. The fraction of sp³-hybridized carbons (Fsp3) is 0.143. The molecule has 80 valence electrons. The largest absolute Gasteiger partial charge is 0.505 e. The number of phenolic OH excluding ortho intramolecular Hbond substituents is 1. The molecular weight excluding hydrogens is 203 g/mol. The van der Waals surface area contributed by atoms with E-state index in [1.165, 1.54) is 6.07 Å². The van der Waals surface area contributed by atoms with Crippen molar-refractivity contribution in [2.45, 2.75) is 13.3 Å². The Balaban J connectivity index is 2.99. The minimum absolute atomic E-state index is 0.146. The number of phenols is 1. The molecule has 0 spiro atoms. The Bertz CT molecular complexity index is 594. The van der Waals surface area contributed by atoms with Crippen LogP contribution in [0.5, 0.6) is 5.75 Å². The number of aryl methyl sites for hydroxylation is 1. The highest BCUT2D eigenvalue weighted by atomic mass is 19.1. The van der Waals surface area contributed by atoms with Crippen LogP contribution in [0, 0.1) is 18.2 Å². The van der Waals surface area contributed by atoms with Crippen LogP contribution in [0.3, 0.4) is 0 Å². The molecule has 0 saturated carbocycles. The second kappa shape index (κ2) is 3.86. The molecule has 0 fully saturated rings. The van der Waals surface area contributed by atoms with E-state index in [0.717, 1.165) is 22.8 Å². The van der Waals surface area contributed by atoms with Crippen molar-refractivity contribution in [2.24, 2.45) is 0 Å². The van der Waals surface area contributed by atoms with Gasteiger partial charge in [-0.2, -0.15) is 0 Å². The minimum atomic E-state index is -0.712. The Labute approximate surface area is 93.5 Å². The Kier molecular flexibility index (Phi) is 2.54. The summed E-state index contributed by atoms with van der Waals surface area (Å²) >= 11 is 0. The SMILES string of the molecule is C#Cc1c(F)c(O)cc2cccc(CC)c12. The zero-order valence-corrected chi connectivity index (χ0v) is 8.92. The molecule has 0 heterocycles. The van der Waals surface area contributed by atoms with E-state index < -0.39 is 11.6 Å². The third-order valence-electron chi connectivity index (χ3n) is 2.69. The second-order valence-electron chi connectivity index (χ2n) is 3.60. The number of terminal acetylenes is 1. The average Bonchev–Trinajstić information content (AvgIpc) is 2.30. The zero-order valence-electron chi connectivity index (χ0n) is 8.92. The van der Waals surface area contributed by atoms with Crippen molar-refractivity contribution < 1.29 is 9.50 Å². The van der Waals surface area contributed by atoms with E-state index >= 15 is 0 Å². The molecular formula is C14H11FO. The molecule has 0 aromatic heterocycles. The summed E-state index contributed by atoms with van der Waals surface area (Å²) in [7, 11) is 0. The van der Waals surface area contributed by atoms with Gasteiger partial charge in [-0.1, -0.05) is 31.0 Å². The molecule has 2 aromatic rings. The van der Waals surface area contributed by atoms with Gasteiger partial charge in [-0.25, -0.2) is 4.39 Å². The number of hydrogen-bond acceptors (Lipinski definition) is 1.